The van der Waals surface area contributed by atoms with Crippen LogP contribution in [0.3, 0.4) is 0 Å². The Balaban J connectivity index is 1.51. The van der Waals surface area contributed by atoms with E-state index in [1.165, 1.54) is 8.61 Å². The van der Waals surface area contributed by atoms with Gasteiger partial charge in [-0.25, -0.2) is 4.79 Å². The number of carbonyl (C=O) groups excluding carboxylic acids is 1. The van der Waals surface area contributed by atoms with E-state index in [4.69, 9.17) is 9.47 Å². The second-order valence-corrected chi connectivity index (χ2v) is 8.79. The number of hydrogen-bond donors (Lipinski definition) is 0. The summed E-state index contributed by atoms with van der Waals surface area (Å²) in [6.45, 7) is 1.96. The van der Waals surface area contributed by atoms with Gasteiger partial charge in [0.25, 0.3) is 10.2 Å². The fraction of sp³-hybridized carbons (Fsp3) is 0.588. The van der Waals surface area contributed by atoms with Crippen LogP contribution in [0.4, 0.5) is 4.79 Å². The van der Waals surface area contributed by atoms with Gasteiger partial charge in [0.2, 0.25) is 0 Å². The van der Waals surface area contributed by atoms with Gasteiger partial charge < -0.3 is 9.47 Å². The van der Waals surface area contributed by atoms with Gasteiger partial charge in [0, 0.05) is 25.2 Å². The largest absolute Gasteiger partial charge is 0.496 e. The third-order valence-corrected chi connectivity index (χ3v) is 7.31. The first-order valence-electron chi connectivity index (χ1n) is 8.85. The summed E-state index contributed by atoms with van der Waals surface area (Å²) >= 11 is 0. The number of para-hydroxylation sites is 1. The molecule has 0 spiro atoms. The molecule has 0 unspecified atom stereocenters. The number of amides is 1. The molecule has 3 saturated heterocycles. The summed E-state index contributed by atoms with van der Waals surface area (Å²) in [6.07, 6.45) is 0.975. The molecule has 142 valence electrons. The van der Waals surface area contributed by atoms with Crippen molar-refractivity contribution in [1.82, 2.24) is 13.5 Å². The molecular formula is C17H23N3O5S. The van der Waals surface area contributed by atoms with Crippen LogP contribution in [0.15, 0.2) is 24.3 Å². The summed E-state index contributed by atoms with van der Waals surface area (Å²) in [4.78, 5) is 13.9. The van der Waals surface area contributed by atoms with Gasteiger partial charge in [-0.05, 0) is 18.9 Å². The quantitative estimate of drug-likeness (QED) is 0.761. The molecule has 1 amide bonds. The summed E-state index contributed by atoms with van der Waals surface area (Å²) in [6, 6.07) is 7.22. The van der Waals surface area contributed by atoms with Crippen molar-refractivity contribution >= 4 is 16.3 Å². The average Bonchev–Trinajstić information content (AvgIpc) is 3.34. The Labute approximate surface area is 153 Å². The van der Waals surface area contributed by atoms with Crippen LogP contribution in [-0.2, 0) is 21.5 Å². The highest BCUT2D eigenvalue weighted by atomic mass is 32.2. The highest BCUT2D eigenvalue weighted by Crippen LogP contribution is 2.32. The van der Waals surface area contributed by atoms with E-state index in [-0.39, 0.29) is 19.1 Å². The van der Waals surface area contributed by atoms with Gasteiger partial charge >= 0.3 is 6.09 Å². The lowest BCUT2D eigenvalue weighted by molar-refractivity contribution is 0.127. The van der Waals surface area contributed by atoms with Gasteiger partial charge in [0.1, 0.15) is 11.9 Å². The van der Waals surface area contributed by atoms with Gasteiger partial charge in [-0.2, -0.15) is 17.0 Å². The minimum atomic E-state index is -3.48. The molecule has 2 atom stereocenters. The van der Waals surface area contributed by atoms with Crippen LogP contribution in [0.25, 0.3) is 0 Å². The van der Waals surface area contributed by atoms with Crippen molar-refractivity contribution < 1.29 is 22.7 Å². The molecule has 3 heterocycles. The third kappa shape index (κ3) is 2.93. The van der Waals surface area contributed by atoms with Crippen LogP contribution < -0.4 is 4.74 Å². The predicted octanol–water partition coefficient (Wildman–Crippen LogP) is 1.04. The van der Waals surface area contributed by atoms with E-state index in [0.717, 1.165) is 18.4 Å². The molecule has 0 aromatic heterocycles. The van der Waals surface area contributed by atoms with Crippen LogP contribution in [-0.4, -0.2) is 73.5 Å². The zero-order chi connectivity index (χ0) is 18.3. The standard InChI is InChI=1S/C17H23N3O5S/c1-24-15-7-3-2-6-13(15)10-20-14-11-19(12-16(14)25-17(20)21)26(22,23)18-8-4-5-9-18/h2-3,6-7,14,16H,4-5,8-12H2,1H3/t14-,16+/m0/s1. The maximum atomic E-state index is 12.8. The normalized spacial score (nSPS) is 27.0. The smallest absolute Gasteiger partial charge is 0.410 e. The lowest BCUT2D eigenvalue weighted by Gasteiger charge is -2.26. The van der Waals surface area contributed by atoms with Crippen molar-refractivity contribution in [2.45, 2.75) is 31.5 Å². The van der Waals surface area contributed by atoms with E-state index in [2.05, 4.69) is 0 Å². The van der Waals surface area contributed by atoms with Crippen molar-refractivity contribution in [3.8, 4) is 5.75 Å². The predicted molar refractivity (Wildman–Crippen MR) is 93.9 cm³/mol. The molecule has 8 nitrogen and oxygen atoms in total. The summed E-state index contributed by atoms with van der Waals surface area (Å²) in [5.74, 6) is 0.697. The van der Waals surface area contributed by atoms with Crippen LogP contribution in [0.1, 0.15) is 18.4 Å². The Hall–Kier alpha value is -1.84. The first-order chi connectivity index (χ1) is 12.5. The van der Waals surface area contributed by atoms with Gasteiger partial charge in [0.05, 0.1) is 26.2 Å². The Morgan fingerprint density at radius 2 is 1.88 bits per heavy atom. The summed E-state index contributed by atoms with van der Waals surface area (Å²) < 4.78 is 39.4. The van der Waals surface area contributed by atoms with Crippen LogP contribution in [0.5, 0.6) is 5.75 Å². The highest BCUT2D eigenvalue weighted by Gasteiger charge is 2.51. The maximum Gasteiger partial charge on any atom is 0.410 e. The minimum absolute atomic E-state index is 0.220. The topological polar surface area (TPSA) is 79.4 Å². The van der Waals surface area contributed by atoms with E-state index in [1.807, 2.05) is 24.3 Å². The summed E-state index contributed by atoms with van der Waals surface area (Å²) in [5.41, 5.74) is 0.869. The molecule has 26 heavy (non-hydrogen) atoms. The van der Waals surface area contributed by atoms with Gasteiger partial charge in [-0.3, -0.25) is 4.90 Å². The second kappa shape index (κ2) is 6.71. The first-order valence-corrected chi connectivity index (χ1v) is 10.2. The van der Waals surface area contributed by atoms with Crippen LogP contribution in [0, 0.1) is 0 Å². The lowest BCUT2D eigenvalue weighted by atomic mass is 10.1. The van der Waals surface area contributed by atoms with Crippen molar-refractivity contribution in [3.63, 3.8) is 0 Å². The van der Waals surface area contributed by atoms with Crippen LogP contribution >= 0.6 is 0 Å². The summed E-state index contributed by atoms with van der Waals surface area (Å²) in [5, 5.41) is 0. The van der Waals surface area contributed by atoms with Crippen molar-refractivity contribution in [3.05, 3.63) is 29.8 Å². The molecule has 0 aliphatic carbocycles. The first kappa shape index (κ1) is 17.6. The molecule has 0 radical (unpaired) electrons. The number of rotatable bonds is 5. The van der Waals surface area contributed by atoms with E-state index in [0.29, 0.717) is 25.4 Å². The Morgan fingerprint density at radius 3 is 2.62 bits per heavy atom. The number of benzene rings is 1. The van der Waals surface area contributed by atoms with Gasteiger partial charge in [0.15, 0.2) is 0 Å². The molecule has 3 aliphatic rings. The monoisotopic (exact) mass is 381 g/mol. The second-order valence-electron chi connectivity index (χ2n) is 6.86. The van der Waals surface area contributed by atoms with E-state index in [1.54, 1.807) is 12.0 Å². The molecule has 1 aromatic carbocycles. The fourth-order valence-electron chi connectivity index (χ4n) is 3.94. The Morgan fingerprint density at radius 1 is 1.15 bits per heavy atom. The fourth-order valence-corrected chi connectivity index (χ4v) is 5.66. The third-order valence-electron chi connectivity index (χ3n) is 5.34. The molecule has 4 rings (SSSR count). The van der Waals surface area contributed by atoms with Gasteiger partial charge in [-0.15, -0.1) is 0 Å². The minimum Gasteiger partial charge on any atom is -0.496 e. The maximum absolute atomic E-state index is 12.8. The molecule has 1 aromatic rings. The molecule has 3 fully saturated rings. The zero-order valence-corrected chi connectivity index (χ0v) is 15.5. The van der Waals surface area contributed by atoms with Crippen LogP contribution in [0.2, 0.25) is 0 Å². The van der Waals surface area contributed by atoms with E-state index in [9.17, 15) is 13.2 Å². The molecule has 0 saturated carbocycles. The zero-order valence-electron chi connectivity index (χ0n) is 14.7. The summed E-state index contributed by atoms with van der Waals surface area (Å²) in [7, 11) is -1.90. The lowest BCUT2D eigenvalue weighted by Crippen LogP contribution is -2.44. The van der Waals surface area contributed by atoms with Gasteiger partial charge in [-0.1, -0.05) is 18.2 Å². The molecule has 3 aliphatic heterocycles. The highest BCUT2D eigenvalue weighted by molar-refractivity contribution is 7.86. The molecule has 0 N–H and O–H groups in total. The van der Waals surface area contributed by atoms with Crippen molar-refractivity contribution in [2.24, 2.45) is 0 Å². The van der Waals surface area contributed by atoms with E-state index < -0.39 is 22.4 Å². The number of ether oxygens (including phenoxy) is 2. The number of methoxy groups -OCH3 is 1. The average molecular weight is 381 g/mol. The van der Waals surface area contributed by atoms with Crippen molar-refractivity contribution in [1.29, 1.82) is 0 Å². The molecule has 0 bridgehead atoms. The number of fused-ring (bicyclic) bond motifs is 1. The molecular weight excluding hydrogens is 358 g/mol. The molecule has 9 heteroatoms. The SMILES string of the molecule is COc1ccccc1CN1C(=O)O[C@@H]2CN(S(=O)(=O)N3CCCC3)C[C@@H]21. The van der Waals surface area contributed by atoms with Crippen molar-refractivity contribution in [2.75, 3.05) is 33.3 Å². The number of hydrogen-bond acceptors (Lipinski definition) is 5. The Kier molecular flexibility index (Phi) is 4.54. The Bertz CT molecular complexity index is 793. The number of carbonyl (C=O) groups is 1. The number of nitrogens with zero attached hydrogens (tertiary/aromatic N) is 3. The van der Waals surface area contributed by atoms with E-state index >= 15 is 0 Å².